The predicted octanol–water partition coefficient (Wildman–Crippen LogP) is 1.85. The van der Waals surface area contributed by atoms with Gasteiger partial charge in [-0.15, -0.1) is 12.3 Å². The largest absolute Gasteiger partial charge is 0.380 e. The van der Waals surface area contributed by atoms with E-state index in [-0.39, 0.29) is 18.1 Å². The third-order valence-electron chi connectivity index (χ3n) is 5.13. The number of carbonyl (C=O) groups excluding carboxylic acids is 1. The Balaban J connectivity index is 1.51. The summed E-state index contributed by atoms with van der Waals surface area (Å²) in [6.07, 6.45) is 10.2. The number of anilines is 1. The molecule has 8 heteroatoms. The molecule has 3 rings (SSSR count). The fraction of sp³-hybridized carbons (Fsp3) is 0.632. The van der Waals surface area contributed by atoms with E-state index in [1.807, 2.05) is 13.0 Å². The molecule has 0 spiro atoms. The molecule has 0 saturated carbocycles. The molecule has 0 radical (unpaired) electrons. The molecule has 1 N–H and O–H groups in total. The van der Waals surface area contributed by atoms with E-state index in [0.717, 1.165) is 30.9 Å². The van der Waals surface area contributed by atoms with Gasteiger partial charge in [0.25, 0.3) is 0 Å². The highest BCUT2D eigenvalue weighted by Crippen LogP contribution is 2.37. The molecule has 8 nitrogen and oxygen atoms in total. The van der Waals surface area contributed by atoms with Gasteiger partial charge in [-0.25, -0.2) is 9.97 Å². The Bertz CT molecular complexity index is 738. The number of hydrogen-bond donors (Lipinski definition) is 1. The smallest absolute Gasteiger partial charge is 0.220 e. The van der Waals surface area contributed by atoms with E-state index in [0.29, 0.717) is 25.8 Å². The van der Waals surface area contributed by atoms with Crippen LogP contribution in [-0.2, 0) is 9.53 Å². The Hall–Kier alpha value is -2.53. The average Bonchev–Trinajstić information content (AvgIpc) is 3.32. The molecule has 0 aromatic carbocycles. The lowest BCUT2D eigenvalue weighted by molar-refractivity contribution is -0.121. The zero-order valence-corrected chi connectivity index (χ0v) is 15.9. The zero-order chi connectivity index (χ0) is 19.3. The minimum Gasteiger partial charge on any atom is -0.380 e. The molecular weight excluding hydrogens is 344 g/mol. The van der Waals surface area contributed by atoms with Crippen LogP contribution in [0.15, 0.2) is 22.6 Å². The molecule has 144 valence electrons. The maximum atomic E-state index is 12.3. The first-order valence-electron chi connectivity index (χ1n) is 9.27. The van der Waals surface area contributed by atoms with Gasteiger partial charge < -0.3 is 15.0 Å². The third kappa shape index (κ3) is 5.01. The van der Waals surface area contributed by atoms with E-state index in [2.05, 4.69) is 36.3 Å². The van der Waals surface area contributed by atoms with Crippen molar-refractivity contribution < 1.29 is 9.53 Å². The van der Waals surface area contributed by atoms with Gasteiger partial charge in [0.15, 0.2) is 5.66 Å². The van der Waals surface area contributed by atoms with Gasteiger partial charge in [-0.1, -0.05) is 0 Å². The van der Waals surface area contributed by atoms with Gasteiger partial charge in [-0.05, 0) is 13.3 Å². The van der Waals surface area contributed by atoms with Crippen molar-refractivity contribution in [2.24, 2.45) is 10.2 Å². The summed E-state index contributed by atoms with van der Waals surface area (Å²) in [6.45, 7) is 3.24. The lowest BCUT2D eigenvalue weighted by atomic mass is 10.0. The van der Waals surface area contributed by atoms with E-state index >= 15 is 0 Å². The number of amides is 1. The normalized spacial score (nSPS) is 22.5. The molecule has 2 aliphatic rings. The first kappa shape index (κ1) is 19.2. The van der Waals surface area contributed by atoms with Gasteiger partial charge in [0.05, 0.1) is 12.1 Å². The number of hydrogen-bond acceptors (Lipinski definition) is 7. The van der Waals surface area contributed by atoms with Crippen molar-refractivity contribution in [2.75, 3.05) is 25.1 Å². The van der Waals surface area contributed by atoms with E-state index in [1.165, 1.54) is 0 Å². The average molecular weight is 370 g/mol. The van der Waals surface area contributed by atoms with E-state index in [1.54, 1.807) is 13.4 Å². The Kier molecular flexibility index (Phi) is 6.01. The first-order valence-corrected chi connectivity index (χ1v) is 9.27. The Morgan fingerprint density at radius 3 is 2.93 bits per heavy atom. The number of terminal acetylenes is 1. The van der Waals surface area contributed by atoms with Crippen LogP contribution in [0.4, 0.5) is 5.82 Å². The van der Waals surface area contributed by atoms with Crippen LogP contribution in [0.2, 0.25) is 0 Å². The van der Waals surface area contributed by atoms with Crippen LogP contribution in [-0.4, -0.2) is 53.9 Å². The minimum atomic E-state index is -0.414. The standard InChI is InChI=1S/C19H26N6O2/c1-4-5-7-19(23-24-19)8-6-18(26)20-11-15-10-16(27-3)12-25(15)17-9-14(2)21-13-22-17/h1,9,13,15-16H,5-8,10-12H2,2-3H3,(H,20,26)/t15-,16-/m1/s1. The maximum absolute atomic E-state index is 12.3. The van der Waals surface area contributed by atoms with Crippen molar-refractivity contribution in [2.45, 2.75) is 56.8 Å². The van der Waals surface area contributed by atoms with Crippen LogP contribution in [0.3, 0.4) is 0 Å². The zero-order valence-electron chi connectivity index (χ0n) is 15.9. The van der Waals surface area contributed by atoms with Crippen LogP contribution in [0.1, 0.15) is 37.8 Å². The highest BCUT2D eigenvalue weighted by atomic mass is 16.5. The lowest BCUT2D eigenvalue weighted by Gasteiger charge is -2.25. The molecule has 0 bridgehead atoms. The van der Waals surface area contributed by atoms with Gasteiger partial charge >= 0.3 is 0 Å². The van der Waals surface area contributed by atoms with Crippen molar-refractivity contribution in [1.82, 2.24) is 15.3 Å². The van der Waals surface area contributed by atoms with E-state index in [9.17, 15) is 4.79 Å². The second kappa shape index (κ2) is 8.44. The summed E-state index contributed by atoms with van der Waals surface area (Å²) in [4.78, 5) is 23.0. The summed E-state index contributed by atoms with van der Waals surface area (Å²) < 4.78 is 5.53. The summed E-state index contributed by atoms with van der Waals surface area (Å²) in [6, 6.07) is 2.09. The van der Waals surface area contributed by atoms with Crippen LogP contribution >= 0.6 is 0 Å². The summed E-state index contributed by atoms with van der Waals surface area (Å²) in [5.41, 5.74) is 0.501. The highest BCUT2D eigenvalue weighted by molar-refractivity contribution is 5.76. The van der Waals surface area contributed by atoms with Crippen molar-refractivity contribution >= 4 is 11.7 Å². The van der Waals surface area contributed by atoms with Gasteiger partial charge in [0, 0.05) is 57.6 Å². The number of methoxy groups -OCH3 is 1. The van der Waals surface area contributed by atoms with Crippen molar-refractivity contribution in [1.29, 1.82) is 0 Å². The van der Waals surface area contributed by atoms with Crippen LogP contribution in [0.5, 0.6) is 0 Å². The highest BCUT2D eigenvalue weighted by Gasteiger charge is 2.39. The SMILES string of the molecule is C#CCCC1(CCC(=O)NC[C@H]2C[C@@H](OC)CN2c2cc(C)ncn2)N=N1. The topological polar surface area (TPSA) is 92.1 Å². The number of aromatic nitrogens is 2. The second-order valence-electron chi connectivity index (χ2n) is 7.11. The maximum Gasteiger partial charge on any atom is 0.220 e. The number of rotatable bonds is 9. The first-order chi connectivity index (χ1) is 13.0. The number of carbonyl (C=O) groups is 1. The van der Waals surface area contributed by atoms with Crippen molar-refractivity contribution in [3.8, 4) is 12.3 Å². The molecule has 1 saturated heterocycles. The quantitative estimate of drug-likeness (QED) is 0.670. The molecule has 1 aromatic rings. The Labute approximate surface area is 159 Å². The van der Waals surface area contributed by atoms with E-state index in [4.69, 9.17) is 11.2 Å². The van der Waals surface area contributed by atoms with Crippen LogP contribution in [0.25, 0.3) is 0 Å². The number of aryl methyl sites for hydroxylation is 1. The molecule has 1 aromatic heterocycles. The monoisotopic (exact) mass is 370 g/mol. The van der Waals surface area contributed by atoms with Crippen molar-refractivity contribution in [3.05, 3.63) is 18.1 Å². The van der Waals surface area contributed by atoms with Gasteiger partial charge in [-0.3, -0.25) is 4.79 Å². The second-order valence-corrected chi connectivity index (χ2v) is 7.11. The fourth-order valence-electron chi connectivity index (χ4n) is 3.42. The third-order valence-corrected chi connectivity index (χ3v) is 5.13. The van der Waals surface area contributed by atoms with Crippen molar-refractivity contribution in [3.63, 3.8) is 0 Å². The molecule has 0 unspecified atom stereocenters. The van der Waals surface area contributed by atoms with Crippen LogP contribution < -0.4 is 10.2 Å². The fourth-order valence-corrected chi connectivity index (χ4v) is 3.42. The number of ether oxygens (including phenoxy) is 1. The minimum absolute atomic E-state index is 0.00654. The van der Waals surface area contributed by atoms with Gasteiger partial charge in [0.1, 0.15) is 12.1 Å². The molecule has 1 amide bonds. The predicted molar refractivity (Wildman–Crippen MR) is 101 cm³/mol. The molecule has 2 atom stereocenters. The molecule has 0 aliphatic carbocycles. The molecular formula is C19H26N6O2. The summed E-state index contributed by atoms with van der Waals surface area (Å²) in [7, 11) is 1.72. The number of nitrogens with zero attached hydrogens (tertiary/aromatic N) is 5. The van der Waals surface area contributed by atoms with Gasteiger partial charge in [0.2, 0.25) is 5.91 Å². The van der Waals surface area contributed by atoms with Crippen LogP contribution in [0, 0.1) is 19.3 Å². The molecule has 1 fully saturated rings. The lowest BCUT2D eigenvalue weighted by Crippen LogP contribution is -2.40. The summed E-state index contributed by atoms with van der Waals surface area (Å²) in [5, 5.41) is 11.2. The Morgan fingerprint density at radius 2 is 2.26 bits per heavy atom. The Morgan fingerprint density at radius 1 is 1.44 bits per heavy atom. The molecule has 27 heavy (non-hydrogen) atoms. The summed E-state index contributed by atoms with van der Waals surface area (Å²) in [5.74, 6) is 3.47. The number of nitrogens with one attached hydrogen (secondary N) is 1. The summed E-state index contributed by atoms with van der Waals surface area (Å²) >= 11 is 0. The molecule has 3 heterocycles. The van der Waals surface area contributed by atoms with Gasteiger partial charge in [-0.2, -0.15) is 10.2 Å². The molecule has 2 aliphatic heterocycles. The van der Waals surface area contributed by atoms with E-state index < -0.39 is 5.66 Å².